The molecule has 3 rings (SSSR count). The molecule has 1 amide bonds. The van der Waals surface area contributed by atoms with Crippen molar-refractivity contribution >= 4 is 17.5 Å². The Morgan fingerprint density at radius 3 is 2.96 bits per heavy atom. The molecule has 0 saturated carbocycles. The summed E-state index contributed by atoms with van der Waals surface area (Å²) in [6.45, 7) is 5.36. The van der Waals surface area contributed by atoms with Crippen LogP contribution in [0.15, 0.2) is 24.9 Å². The first-order valence-electron chi connectivity index (χ1n) is 7.85. The van der Waals surface area contributed by atoms with Gasteiger partial charge in [0.25, 0.3) is 5.91 Å². The highest BCUT2D eigenvalue weighted by Crippen LogP contribution is 2.24. The normalized spacial score (nSPS) is 18.4. The summed E-state index contributed by atoms with van der Waals surface area (Å²) >= 11 is 6.16. The van der Waals surface area contributed by atoms with Gasteiger partial charge < -0.3 is 9.47 Å². The minimum Gasteiger partial charge on any atom is -0.335 e. The largest absolute Gasteiger partial charge is 0.335 e. The van der Waals surface area contributed by atoms with Crippen molar-refractivity contribution in [1.29, 1.82) is 0 Å². The first kappa shape index (κ1) is 15.9. The van der Waals surface area contributed by atoms with Crippen LogP contribution >= 0.6 is 11.6 Å². The fourth-order valence-corrected chi connectivity index (χ4v) is 3.00. The van der Waals surface area contributed by atoms with E-state index in [1.807, 2.05) is 24.9 Å². The van der Waals surface area contributed by atoms with Gasteiger partial charge in [0.15, 0.2) is 5.69 Å². The number of amides is 1. The number of likely N-dealkylation sites (tertiary alicyclic amines) is 1. The van der Waals surface area contributed by atoms with Gasteiger partial charge in [-0.25, -0.2) is 15.0 Å². The lowest BCUT2D eigenvalue weighted by Gasteiger charge is -2.33. The lowest BCUT2D eigenvalue weighted by Crippen LogP contribution is -2.41. The van der Waals surface area contributed by atoms with Crippen LogP contribution in [0.1, 0.15) is 55.0 Å². The third-order valence-electron chi connectivity index (χ3n) is 4.11. The third-order valence-corrected chi connectivity index (χ3v) is 4.39. The van der Waals surface area contributed by atoms with E-state index in [1.165, 1.54) is 6.20 Å². The Bertz CT molecular complexity index is 686. The maximum Gasteiger partial charge on any atom is 0.274 e. The monoisotopic (exact) mass is 333 g/mol. The second-order valence-electron chi connectivity index (χ2n) is 6.14. The Balaban J connectivity index is 1.81. The highest BCUT2D eigenvalue weighted by atomic mass is 35.5. The van der Waals surface area contributed by atoms with Crippen LogP contribution in [-0.4, -0.2) is 43.4 Å². The number of carbonyl (C=O) groups is 1. The maximum atomic E-state index is 12.8. The summed E-state index contributed by atoms with van der Waals surface area (Å²) in [6.07, 6.45) is 9.01. The summed E-state index contributed by atoms with van der Waals surface area (Å²) in [6, 6.07) is 0.250. The zero-order valence-electron chi connectivity index (χ0n) is 13.3. The second-order valence-corrected chi connectivity index (χ2v) is 6.54. The zero-order chi connectivity index (χ0) is 16.4. The molecule has 1 fully saturated rings. The van der Waals surface area contributed by atoms with Gasteiger partial charge in [-0.1, -0.05) is 25.4 Å². The number of rotatable bonds is 3. The number of aromatic nitrogens is 4. The highest BCUT2D eigenvalue weighted by molar-refractivity contribution is 6.33. The fraction of sp³-hybridized carbons (Fsp3) is 0.500. The van der Waals surface area contributed by atoms with E-state index in [1.54, 1.807) is 12.5 Å². The molecule has 6 nitrogen and oxygen atoms in total. The van der Waals surface area contributed by atoms with Crippen LogP contribution in [0.2, 0.25) is 5.02 Å². The van der Waals surface area contributed by atoms with Crippen molar-refractivity contribution in [3.8, 4) is 0 Å². The Morgan fingerprint density at radius 1 is 1.43 bits per heavy atom. The number of carbonyl (C=O) groups excluding carboxylic acids is 1. The van der Waals surface area contributed by atoms with Crippen molar-refractivity contribution in [2.45, 2.75) is 38.6 Å². The van der Waals surface area contributed by atoms with Crippen LogP contribution < -0.4 is 0 Å². The van der Waals surface area contributed by atoms with Crippen molar-refractivity contribution in [2.24, 2.45) is 0 Å². The van der Waals surface area contributed by atoms with E-state index in [-0.39, 0.29) is 17.9 Å². The molecule has 0 bridgehead atoms. The molecule has 2 aromatic rings. The van der Waals surface area contributed by atoms with Gasteiger partial charge in [0, 0.05) is 31.4 Å². The molecule has 1 aliphatic rings. The first-order chi connectivity index (χ1) is 11.1. The molecule has 23 heavy (non-hydrogen) atoms. The molecule has 0 N–H and O–H groups in total. The van der Waals surface area contributed by atoms with Gasteiger partial charge in [-0.15, -0.1) is 0 Å². The molecule has 0 radical (unpaired) electrons. The van der Waals surface area contributed by atoms with Crippen LogP contribution in [-0.2, 0) is 0 Å². The molecule has 7 heteroatoms. The maximum absolute atomic E-state index is 12.8. The second kappa shape index (κ2) is 6.66. The molecule has 0 unspecified atom stereocenters. The highest BCUT2D eigenvalue weighted by Gasteiger charge is 2.27. The molecule has 0 aromatic carbocycles. The van der Waals surface area contributed by atoms with Gasteiger partial charge in [0.1, 0.15) is 5.82 Å². The average Bonchev–Trinajstić information content (AvgIpc) is 3.09. The van der Waals surface area contributed by atoms with E-state index in [0.29, 0.717) is 23.1 Å². The van der Waals surface area contributed by atoms with Gasteiger partial charge in [-0.05, 0) is 12.8 Å². The standard InChI is InChI=1S/C16H20ClN5O/c1-11(2)15-19-8-13(17)14(20-15)16(23)21-6-3-4-12(9-21)22-7-5-18-10-22/h5,7-8,10-12H,3-4,6,9H2,1-2H3/t12-/m0/s1. The molecule has 0 spiro atoms. The molecule has 1 atom stereocenters. The summed E-state index contributed by atoms with van der Waals surface area (Å²) in [5.74, 6) is 0.670. The first-order valence-corrected chi connectivity index (χ1v) is 8.23. The summed E-state index contributed by atoms with van der Waals surface area (Å²) < 4.78 is 2.06. The summed E-state index contributed by atoms with van der Waals surface area (Å²) in [7, 11) is 0. The predicted octanol–water partition coefficient (Wildman–Crippen LogP) is 2.93. The van der Waals surface area contributed by atoms with E-state index in [0.717, 1.165) is 19.4 Å². The number of piperidine rings is 1. The topological polar surface area (TPSA) is 63.9 Å². The number of hydrogen-bond donors (Lipinski definition) is 0. The van der Waals surface area contributed by atoms with Crippen LogP contribution in [0.25, 0.3) is 0 Å². The van der Waals surface area contributed by atoms with Crippen molar-refractivity contribution in [2.75, 3.05) is 13.1 Å². The smallest absolute Gasteiger partial charge is 0.274 e. The Hall–Kier alpha value is -1.95. The van der Waals surface area contributed by atoms with Crippen LogP contribution in [0.3, 0.4) is 0 Å². The quantitative estimate of drug-likeness (QED) is 0.866. The SMILES string of the molecule is CC(C)c1ncc(Cl)c(C(=O)N2CCC[C@H](n3ccnc3)C2)n1. The van der Waals surface area contributed by atoms with E-state index < -0.39 is 0 Å². The molecular formula is C16H20ClN5O. The average molecular weight is 334 g/mol. The van der Waals surface area contributed by atoms with E-state index >= 15 is 0 Å². The molecule has 0 aliphatic carbocycles. The van der Waals surface area contributed by atoms with E-state index in [2.05, 4.69) is 19.5 Å². The zero-order valence-corrected chi connectivity index (χ0v) is 14.1. The predicted molar refractivity (Wildman–Crippen MR) is 87.5 cm³/mol. The molecule has 122 valence electrons. The minimum atomic E-state index is -0.121. The van der Waals surface area contributed by atoms with Gasteiger partial charge in [0.2, 0.25) is 0 Å². The van der Waals surface area contributed by atoms with Gasteiger partial charge in [0.05, 0.1) is 23.6 Å². The number of hydrogen-bond acceptors (Lipinski definition) is 4. The number of nitrogens with zero attached hydrogens (tertiary/aromatic N) is 5. The fourth-order valence-electron chi connectivity index (χ4n) is 2.83. The number of halogens is 1. The molecule has 3 heterocycles. The van der Waals surface area contributed by atoms with Crippen LogP contribution in [0, 0.1) is 0 Å². The van der Waals surface area contributed by atoms with Crippen LogP contribution in [0.5, 0.6) is 0 Å². The lowest BCUT2D eigenvalue weighted by molar-refractivity contribution is 0.0673. The van der Waals surface area contributed by atoms with Gasteiger partial charge in [-0.2, -0.15) is 0 Å². The van der Waals surface area contributed by atoms with Gasteiger partial charge >= 0.3 is 0 Å². The summed E-state index contributed by atoms with van der Waals surface area (Å²) in [4.78, 5) is 27.3. The van der Waals surface area contributed by atoms with E-state index in [4.69, 9.17) is 11.6 Å². The van der Waals surface area contributed by atoms with Crippen molar-refractivity contribution in [3.63, 3.8) is 0 Å². The Morgan fingerprint density at radius 2 is 2.26 bits per heavy atom. The van der Waals surface area contributed by atoms with Gasteiger partial charge in [-0.3, -0.25) is 4.79 Å². The summed E-state index contributed by atoms with van der Waals surface area (Å²) in [5.41, 5.74) is 0.302. The molecule has 1 saturated heterocycles. The molecule has 2 aromatic heterocycles. The molecular weight excluding hydrogens is 314 g/mol. The molecule has 1 aliphatic heterocycles. The van der Waals surface area contributed by atoms with Crippen molar-refractivity contribution in [1.82, 2.24) is 24.4 Å². The van der Waals surface area contributed by atoms with Crippen molar-refractivity contribution < 1.29 is 4.79 Å². The minimum absolute atomic E-state index is 0.121. The Kier molecular flexibility index (Phi) is 4.61. The van der Waals surface area contributed by atoms with Crippen molar-refractivity contribution in [3.05, 3.63) is 41.5 Å². The third kappa shape index (κ3) is 3.37. The van der Waals surface area contributed by atoms with Crippen LogP contribution in [0.4, 0.5) is 0 Å². The lowest BCUT2D eigenvalue weighted by atomic mass is 10.1. The number of imidazole rings is 1. The Labute approximate surface area is 140 Å². The van der Waals surface area contributed by atoms with E-state index in [9.17, 15) is 4.79 Å². The summed E-state index contributed by atoms with van der Waals surface area (Å²) in [5, 5.41) is 0.309.